The van der Waals surface area contributed by atoms with Crippen molar-refractivity contribution in [3.05, 3.63) is 44.2 Å². The van der Waals surface area contributed by atoms with Crippen molar-refractivity contribution in [1.29, 1.82) is 5.26 Å². The fourth-order valence-electron chi connectivity index (χ4n) is 2.87. The van der Waals surface area contributed by atoms with Crippen molar-refractivity contribution < 1.29 is 9.53 Å². The Balaban J connectivity index is 1.70. The van der Waals surface area contributed by atoms with Crippen LogP contribution in [0.15, 0.2) is 18.2 Å². The Morgan fingerprint density at radius 3 is 2.68 bits per heavy atom. The van der Waals surface area contributed by atoms with Gasteiger partial charge in [0.2, 0.25) is 0 Å². The molecule has 25 heavy (non-hydrogen) atoms. The first kappa shape index (κ1) is 18.1. The van der Waals surface area contributed by atoms with E-state index >= 15 is 0 Å². The monoisotopic (exact) mass is 394 g/mol. The van der Waals surface area contributed by atoms with Gasteiger partial charge in [0.05, 0.1) is 15.6 Å². The zero-order chi connectivity index (χ0) is 17.8. The van der Waals surface area contributed by atoms with E-state index in [4.69, 9.17) is 27.9 Å². The quantitative estimate of drug-likeness (QED) is 0.723. The zero-order valence-corrected chi connectivity index (χ0v) is 15.7. The van der Waals surface area contributed by atoms with Gasteiger partial charge in [0.1, 0.15) is 11.1 Å². The summed E-state index contributed by atoms with van der Waals surface area (Å²) < 4.78 is 5.44. The summed E-state index contributed by atoms with van der Waals surface area (Å²) in [5, 5.41) is 13.6. The molecule has 1 aromatic carbocycles. The van der Waals surface area contributed by atoms with Crippen molar-refractivity contribution in [2.24, 2.45) is 0 Å². The Morgan fingerprint density at radius 2 is 1.96 bits per heavy atom. The van der Waals surface area contributed by atoms with Crippen molar-refractivity contribution in [3.8, 4) is 11.8 Å². The van der Waals surface area contributed by atoms with Gasteiger partial charge in [-0.3, -0.25) is 4.79 Å². The van der Waals surface area contributed by atoms with Crippen molar-refractivity contribution in [2.45, 2.75) is 32.1 Å². The fraction of sp³-hybridized carbons (Fsp3) is 0.333. The van der Waals surface area contributed by atoms with E-state index in [1.165, 1.54) is 22.6 Å². The normalized spacial score (nSPS) is 13.5. The van der Waals surface area contributed by atoms with E-state index in [1.807, 2.05) is 0 Å². The highest BCUT2D eigenvalue weighted by atomic mass is 35.5. The topological polar surface area (TPSA) is 62.1 Å². The number of fused-ring (bicyclic) bond motifs is 1. The number of nitrogens with zero attached hydrogens (tertiary/aromatic N) is 1. The number of amides is 1. The van der Waals surface area contributed by atoms with E-state index in [2.05, 4.69) is 11.4 Å². The third-order valence-corrected chi connectivity index (χ3v) is 5.86. The number of para-hydroxylation sites is 1. The molecule has 2 aromatic rings. The van der Waals surface area contributed by atoms with Crippen molar-refractivity contribution in [2.75, 3.05) is 11.9 Å². The molecule has 1 heterocycles. The van der Waals surface area contributed by atoms with Gasteiger partial charge in [-0.1, -0.05) is 35.7 Å². The summed E-state index contributed by atoms with van der Waals surface area (Å²) in [5.41, 5.74) is 1.68. The second-order valence-electron chi connectivity index (χ2n) is 5.77. The number of hydrogen-bond donors (Lipinski definition) is 1. The van der Waals surface area contributed by atoms with Gasteiger partial charge in [0.15, 0.2) is 12.4 Å². The smallest absolute Gasteiger partial charge is 0.262 e. The summed E-state index contributed by atoms with van der Waals surface area (Å²) >= 11 is 13.5. The number of carbonyl (C=O) groups excluding carboxylic acids is 1. The molecular formula is C18H16Cl2N2O2S. The Hall–Kier alpha value is -1.74. The highest BCUT2D eigenvalue weighted by Gasteiger charge is 2.21. The summed E-state index contributed by atoms with van der Waals surface area (Å²) in [4.78, 5) is 13.4. The summed E-state index contributed by atoms with van der Waals surface area (Å²) in [5.74, 6) is -0.0626. The molecule has 130 valence electrons. The van der Waals surface area contributed by atoms with Gasteiger partial charge >= 0.3 is 0 Å². The van der Waals surface area contributed by atoms with Crippen LogP contribution in [0.5, 0.6) is 5.75 Å². The maximum atomic E-state index is 12.2. The second-order valence-corrected chi connectivity index (χ2v) is 7.69. The first-order chi connectivity index (χ1) is 12.1. The van der Waals surface area contributed by atoms with Crippen LogP contribution >= 0.6 is 34.5 Å². The summed E-state index contributed by atoms with van der Waals surface area (Å²) in [7, 11) is 0. The molecule has 3 rings (SSSR count). The minimum Gasteiger partial charge on any atom is -0.481 e. The van der Waals surface area contributed by atoms with Crippen LogP contribution in [0.3, 0.4) is 0 Å². The number of anilines is 1. The van der Waals surface area contributed by atoms with Gasteiger partial charge in [-0.2, -0.15) is 5.26 Å². The van der Waals surface area contributed by atoms with Gasteiger partial charge in [0, 0.05) is 4.88 Å². The second kappa shape index (κ2) is 8.09. The molecule has 0 aliphatic heterocycles. The van der Waals surface area contributed by atoms with E-state index in [9.17, 15) is 10.1 Å². The highest BCUT2D eigenvalue weighted by Crippen LogP contribution is 2.37. The maximum absolute atomic E-state index is 12.2. The number of benzene rings is 1. The fourth-order valence-corrected chi connectivity index (χ4v) is 4.63. The van der Waals surface area contributed by atoms with E-state index in [-0.39, 0.29) is 18.3 Å². The maximum Gasteiger partial charge on any atom is 0.262 e. The summed E-state index contributed by atoms with van der Waals surface area (Å²) in [6.45, 7) is -0.225. The molecule has 1 aromatic heterocycles. The molecule has 0 saturated heterocycles. The van der Waals surface area contributed by atoms with Gasteiger partial charge in [-0.25, -0.2) is 0 Å². The number of thiophene rings is 1. The molecule has 1 N–H and O–H groups in total. The number of carbonyl (C=O) groups is 1. The van der Waals surface area contributed by atoms with Crippen LogP contribution in [0.25, 0.3) is 0 Å². The number of ether oxygens (including phenoxy) is 1. The minimum absolute atomic E-state index is 0.225. The standard InChI is InChI=1S/C18H16Cl2N2O2S/c19-13-6-4-7-14(20)17(13)24-10-16(23)22-18-12(9-21)11-5-2-1-3-8-15(11)25-18/h4,6-7H,1-3,5,8,10H2,(H,22,23). The van der Waals surface area contributed by atoms with Crippen molar-refractivity contribution >= 4 is 45.4 Å². The molecule has 1 aliphatic carbocycles. The largest absolute Gasteiger partial charge is 0.481 e. The minimum atomic E-state index is -0.344. The third-order valence-electron chi connectivity index (χ3n) is 4.05. The molecular weight excluding hydrogens is 379 g/mol. The molecule has 0 atom stereocenters. The zero-order valence-electron chi connectivity index (χ0n) is 13.4. The Labute approximate surface area is 160 Å². The van der Waals surface area contributed by atoms with Crippen LogP contribution in [-0.2, 0) is 17.6 Å². The molecule has 0 radical (unpaired) electrons. The Bertz CT molecular complexity index is 822. The van der Waals surface area contributed by atoms with Crippen molar-refractivity contribution in [3.63, 3.8) is 0 Å². The van der Waals surface area contributed by atoms with E-state index in [0.717, 1.165) is 31.2 Å². The average molecular weight is 395 g/mol. The molecule has 0 bridgehead atoms. The Morgan fingerprint density at radius 1 is 1.24 bits per heavy atom. The molecule has 0 saturated carbocycles. The number of rotatable bonds is 4. The SMILES string of the molecule is N#Cc1c(NC(=O)COc2c(Cl)cccc2Cl)sc2c1CCCCC2. The molecule has 4 nitrogen and oxygen atoms in total. The molecule has 0 spiro atoms. The predicted octanol–water partition coefficient (Wildman–Crippen LogP) is 5.21. The van der Waals surface area contributed by atoms with Crippen LogP contribution in [0.4, 0.5) is 5.00 Å². The van der Waals surface area contributed by atoms with Gasteiger partial charge in [-0.15, -0.1) is 11.3 Å². The van der Waals surface area contributed by atoms with Crippen LogP contribution in [0.2, 0.25) is 10.0 Å². The van der Waals surface area contributed by atoms with Gasteiger partial charge in [-0.05, 0) is 43.4 Å². The van der Waals surface area contributed by atoms with E-state index in [0.29, 0.717) is 20.6 Å². The van der Waals surface area contributed by atoms with Crippen LogP contribution in [-0.4, -0.2) is 12.5 Å². The lowest BCUT2D eigenvalue weighted by Crippen LogP contribution is -2.20. The molecule has 0 fully saturated rings. The van der Waals surface area contributed by atoms with Crippen LogP contribution in [0, 0.1) is 11.3 Å². The summed E-state index contributed by atoms with van der Waals surface area (Å²) in [6, 6.07) is 7.23. The predicted molar refractivity (Wildman–Crippen MR) is 101 cm³/mol. The lowest BCUT2D eigenvalue weighted by molar-refractivity contribution is -0.118. The van der Waals surface area contributed by atoms with E-state index in [1.54, 1.807) is 18.2 Å². The molecule has 0 unspecified atom stereocenters. The number of nitriles is 1. The van der Waals surface area contributed by atoms with E-state index < -0.39 is 0 Å². The lowest BCUT2D eigenvalue weighted by atomic mass is 10.1. The van der Waals surface area contributed by atoms with Crippen LogP contribution in [0.1, 0.15) is 35.3 Å². The third kappa shape index (κ3) is 4.09. The average Bonchev–Trinajstić information content (AvgIpc) is 2.74. The first-order valence-electron chi connectivity index (χ1n) is 8.01. The lowest BCUT2D eigenvalue weighted by Gasteiger charge is -2.09. The summed E-state index contributed by atoms with van der Waals surface area (Å²) in [6.07, 6.45) is 5.26. The molecule has 1 aliphatic rings. The number of hydrogen-bond acceptors (Lipinski definition) is 4. The molecule has 1 amide bonds. The number of nitrogens with one attached hydrogen (secondary N) is 1. The van der Waals surface area contributed by atoms with Crippen molar-refractivity contribution in [1.82, 2.24) is 0 Å². The number of aryl methyl sites for hydroxylation is 1. The van der Waals surface area contributed by atoms with Gasteiger partial charge < -0.3 is 10.1 Å². The first-order valence-corrected chi connectivity index (χ1v) is 9.58. The van der Waals surface area contributed by atoms with Crippen LogP contribution < -0.4 is 10.1 Å². The highest BCUT2D eigenvalue weighted by molar-refractivity contribution is 7.16. The number of halogens is 2. The molecule has 7 heteroatoms. The van der Waals surface area contributed by atoms with Gasteiger partial charge in [0.25, 0.3) is 5.91 Å². The Kier molecular flexibility index (Phi) is 5.85.